The van der Waals surface area contributed by atoms with Crippen molar-refractivity contribution in [2.24, 2.45) is 0 Å². The topological polar surface area (TPSA) is 81.7 Å². The van der Waals surface area contributed by atoms with Crippen LogP contribution >= 0.6 is 0 Å². The minimum Gasteiger partial charge on any atom is -0.480 e. The van der Waals surface area contributed by atoms with Gasteiger partial charge in [-0.3, -0.25) is 9.69 Å². The molecule has 142 valence electrons. The van der Waals surface area contributed by atoms with Crippen molar-refractivity contribution in [3.63, 3.8) is 0 Å². The van der Waals surface area contributed by atoms with Gasteiger partial charge in [0, 0.05) is 12.1 Å². The van der Waals surface area contributed by atoms with Crippen LogP contribution in [-0.4, -0.2) is 47.2 Å². The number of likely N-dealkylation sites (N-methyl/N-ethyl adjacent to an activating group) is 1. The Labute approximate surface area is 155 Å². The van der Waals surface area contributed by atoms with Gasteiger partial charge in [-0.1, -0.05) is 31.2 Å². The zero-order valence-electron chi connectivity index (χ0n) is 15.6. The molecular weight excluding hydrogens is 330 g/mol. The molecule has 3 N–H and O–H groups in total. The van der Waals surface area contributed by atoms with Crippen LogP contribution in [0.5, 0.6) is 0 Å². The number of amides is 2. The summed E-state index contributed by atoms with van der Waals surface area (Å²) in [5.41, 5.74) is 2.51. The molecule has 2 aliphatic rings. The Morgan fingerprint density at radius 3 is 2.65 bits per heavy atom. The number of carbonyl (C=O) groups excluding carboxylic acids is 1. The van der Waals surface area contributed by atoms with E-state index in [1.807, 2.05) is 18.7 Å². The van der Waals surface area contributed by atoms with Gasteiger partial charge < -0.3 is 15.7 Å². The Hall–Kier alpha value is -2.08. The summed E-state index contributed by atoms with van der Waals surface area (Å²) in [5, 5.41) is 15.0. The fourth-order valence-electron chi connectivity index (χ4n) is 3.68. The van der Waals surface area contributed by atoms with Crippen LogP contribution in [0, 0.1) is 0 Å². The number of aliphatic carboxylic acids is 1. The number of carbonyl (C=O) groups is 2. The average molecular weight is 359 g/mol. The third kappa shape index (κ3) is 4.75. The quantitative estimate of drug-likeness (QED) is 0.667. The van der Waals surface area contributed by atoms with Crippen LogP contribution < -0.4 is 10.6 Å². The Kier molecular flexibility index (Phi) is 5.81. The van der Waals surface area contributed by atoms with Crippen molar-refractivity contribution >= 4 is 12.0 Å². The van der Waals surface area contributed by atoms with Crippen LogP contribution in [0.1, 0.15) is 62.6 Å². The van der Waals surface area contributed by atoms with Gasteiger partial charge in [0.1, 0.15) is 0 Å². The maximum Gasteiger partial charge on any atom is 0.317 e. The van der Waals surface area contributed by atoms with Gasteiger partial charge >= 0.3 is 12.0 Å². The number of rotatable bonds is 8. The van der Waals surface area contributed by atoms with Gasteiger partial charge in [0.15, 0.2) is 0 Å². The molecule has 2 aliphatic carbocycles. The van der Waals surface area contributed by atoms with Gasteiger partial charge in [-0.2, -0.15) is 0 Å². The monoisotopic (exact) mass is 359 g/mol. The van der Waals surface area contributed by atoms with E-state index in [-0.39, 0.29) is 30.7 Å². The fourth-order valence-corrected chi connectivity index (χ4v) is 3.68. The number of carboxylic acid groups (broad SMARTS) is 1. The lowest BCUT2D eigenvalue weighted by Crippen LogP contribution is -2.56. The predicted octanol–water partition coefficient (Wildman–Crippen LogP) is 2.86. The number of nitrogens with zero attached hydrogens (tertiary/aromatic N) is 1. The van der Waals surface area contributed by atoms with Gasteiger partial charge in [-0.25, -0.2) is 4.79 Å². The van der Waals surface area contributed by atoms with Gasteiger partial charge in [-0.15, -0.1) is 0 Å². The number of urea groups is 1. The number of carboxylic acids is 1. The molecule has 1 unspecified atom stereocenters. The Morgan fingerprint density at radius 2 is 2.04 bits per heavy atom. The summed E-state index contributed by atoms with van der Waals surface area (Å²) in [5.74, 6) is -0.0987. The second kappa shape index (κ2) is 8.08. The van der Waals surface area contributed by atoms with Crippen LogP contribution in [0.2, 0.25) is 0 Å². The lowest BCUT2D eigenvalue weighted by atomic mass is 9.85. The summed E-state index contributed by atoms with van der Waals surface area (Å²) in [6.07, 6.45) is 4.15. The minimum absolute atomic E-state index is 0.0382. The second-order valence-corrected chi connectivity index (χ2v) is 7.56. The molecule has 0 spiro atoms. The zero-order chi connectivity index (χ0) is 18.7. The maximum atomic E-state index is 12.3. The highest BCUT2D eigenvalue weighted by molar-refractivity contribution is 5.75. The van der Waals surface area contributed by atoms with E-state index in [2.05, 4.69) is 34.9 Å². The molecule has 0 radical (unpaired) electrons. The maximum absolute atomic E-state index is 12.3. The lowest BCUT2D eigenvalue weighted by Gasteiger charge is -2.42. The third-order valence-electron chi connectivity index (χ3n) is 5.52. The van der Waals surface area contributed by atoms with Crippen LogP contribution in [0.15, 0.2) is 24.3 Å². The predicted molar refractivity (Wildman–Crippen MR) is 100 cm³/mol. The molecule has 2 amide bonds. The van der Waals surface area contributed by atoms with Crippen LogP contribution in [0.4, 0.5) is 4.79 Å². The summed E-state index contributed by atoms with van der Waals surface area (Å²) in [6.45, 7) is 4.74. The van der Waals surface area contributed by atoms with Crippen molar-refractivity contribution in [2.45, 2.75) is 63.6 Å². The van der Waals surface area contributed by atoms with Crippen molar-refractivity contribution < 1.29 is 14.7 Å². The molecular formula is C20H29N3O3. The van der Waals surface area contributed by atoms with Gasteiger partial charge in [0.05, 0.1) is 12.6 Å². The van der Waals surface area contributed by atoms with Crippen molar-refractivity contribution in [1.29, 1.82) is 0 Å². The van der Waals surface area contributed by atoms with E-state index in [4.69, 9.17) is 5.11 Å². The van der Waals surface area contributed by atoms with E-state index < -0.39 is 5.97 Å². The summed E-state index contributed by atoms with van der Waals surface area (Å²) in [6, 6.07) is 8.66. The number of hydrogen-bond donors (Lipinski definition) is 3. The minimum atomic E-state index is -0.803. The largest absolute Gasteiger partial charge is 0.480 e. The standard InChI is InChI=1S/C20H29N3O3/c1-3-23(12-19(24)25)18-10-17(11-18)22-20(26)21-13(2)15-5-4-6-16(9-15)14-7-8-14/h4-6,9,13-14,17-18H,3,7-8,10-12H2,1-2H3,(H,24,25)(H2,21,22,26). The Balaban J connectivity index is 1.43. The van der Waals surface area contributed by atoms with Crippen LogP contribution in [-0.2, 0) is 4.79 Å². The molecule has 1 atom stereocenters. The highest BCUT2D eigenvalue weighted by Crippen LogP contribution is 2.40. The molecule has 6 heteroatoms. The summed E-state index contributed by atoms with van der Waals surface area (Å²) < 4.78 is 0. The first-order valence-corrected chi connectivity index (χ1v) is 9.59. The van der Waals surface area contributed by atoms with Gasteiger partial charge in [-0.05, 0) is 56.2 Å². The highest BCUT2D eigenvalue weighted by Gasteiger charge is 2.34. The Bertz CT molecular complexity index is 653. The molecule has 0 bridgehead atoms. The Morgan fingerprint density at radius 1 is 1.31 bits per heavy atom. The summed E-state index contributed by atoms with van der Waals surface area (Å²) in [4.78, 5) is 25.1. The van der Waals surface area contributed by atoms with Gasteiger partial charge in [0.2, 0.25) is 0 Å². The first kappa shape index (κ1) is 18.7. The summed E-state index contributed by atoms with van der Waals surface area (Å²) >= 11 is 0. The van der Waals surface area contributed by atoms with Gasteiger partial charge in [0.25, 0.3) is 0 Å². The van der Waals surface area contributed by atoms with E-state index in [0.29, 0.717) is 12.5 Å². The molecule has 0 aromatic heterocycles. The fraction of sp³-hybridized carbons (Fsp3) is 0.600. The molecule has 0 saturated heterocycles. The molecule has 3 rings (SSSR count). The molecule has 26 heavy (non-hydrogen) atoms. The SMILES string of the molecule is CCN(CC(=O)O)C1CC(NC(=O)NC(C)c2cccc(C3CC3)c2)C1. The first-order chi connectivity index (χ1) is 12.5. The number of hydrogen-bond acceptors (Lipinski definition) is 3. The normalized spacial score (nSPS) is 23.2. The van der Waals surface area contributed by atoms with Crippen LogP contribution in [0.25, 0.3) is 0 Å². The van der Waals surface area contributed by atoms with Crippen molar-refractivity contribution in [3.8, 4) is 0 Å². The van der Waals surface area contributed by atoms with Crippen molar-refractivity contribution in [2.75, 3.05) is 13.1 Å². The highest BCUT2D eigenvalue weighted by atomic mass is 16.4. The smallest absolute Gasteiger partial charge is 0.317 e. The molecule has 0 heterocycles. The molecule has 0 aliphatic heterocycles. The number of nitrogens with one attached hydrogen (secondary N) is 2. The third-order valence-corrected chi connectivity index (χ3v) is 5.52. The van der Waals surface area contributed by atoms with Crippen LogP contribution in [0.3, 0.4) is 0 Å². The second-order valence-electron chi connectivity index (χ2n) is 7.56. The van der Waals surface area contributed by atoms with E-state index >= 15 is 0 Å². The number of benzene rings is 1. The van der Waals surface area contributed by atoms with Crippen molar-refractivity contribution in [1.82, 2.24) is 15.5 Å². The molecule has 1 aromatic rings. The van der Waals surface area contributed by atoms with E-state index in [1.165, 1.54) is 18.4 Å². The van der Waals surface area contributed by atoms with E-state index in [1.54, 1.807) is 0 Å². The first-order valence-electron chi connectivity index (χ1n) is 9.59. The summed E-state index contributed by atoms with van der Waals surface area (Å²) in [7, 11) is 0. The van der Waals surface area contributed by atoms with Crippen molar-refractivity contribution in [3.05, 3.63) is 35.4 Å². The zero-order valence-corrected chi connectivity index (χ0v) is 15.6. The molecule has 2 fully saturated rings. The molecule has 2 saturated carbocycles. The molecule has 6 nitrogen and oxygen atoms in total. The lowest BCUT2D eigenvalue weighted by molar-refractivity contribution is -0.139. The van der Waals surface area contributed by atoms with E-state index in [9.17, 15) is 9.59 Å². The molecule has 1 aromatic carbocycles. The average Bonchev–Trinajstić information content (AvgIpc) is 3.41. The van der Waals surface area contributed by atoms with E-state index in [0.717, 1.165) is 18.4 Å².